The van der Waals surface area contributed by atoms with Crippen LogP contribution in [0.1, 0.15) is 19.5 Å². The number of nitrogens with zero attached hydrogens (tertiary/aromatic N) is 4. The van der Waals surface area contributed by atoms with E-state index in [1.807, 2.05) is 24.4 Å². The summed E-state index contributed by atoms with van der Waals surface area (Å²) in [5.41, 5.74) is 8.15. The predicted octanol–water partition coefficient (Wildman–Crippen LogP) is 1.19. The second kappa shape index (κ2) is 5.75. The number of nitrogens with two attached hydrogens (primary N) is 1. The van der Waals surface area contributed by atoms with Crippen molar-refractivity contribution >= 4 is 5.65 Å². The molecule has 0 spiro atoms. The molecule has 2 N–H and O–H groups in total. The lowest BCUT2D eigenvalue weighted by Crippen LogP contribution is -2.57. The molecule has 0 bridgehead atoms. The quantitative estimate of drug-likeness (QED) is 0.918. The minimum atomic E-state index is 0.106. The molecule has 1 fully saturated rings. The number of aromatic nitrogens is 2. The summed E-state index contributed by atoms with van der Waals surface area (Å²) in [6, 6.07) is 6.11. The number of piperazine rings is 1. The van der Waals surface area contributed by atoms with Crippen molar-refractivity contribution in [1.82, 2.24) is 19.2 Å². The highest BCUT2D eigenvalue weighted by Crippen LogP contribution is 2.17. The zero-order chi connectivity index (χ0) is 14.9. The molecule has 0 atom stereocenters. The van der Waals surface area contributed by atoms with E-state index in [4.69, 9.17) is 5.73 Å². The van der Waals surface area contributed by atoms with Crippen LogP contribution in [-0.2, 0) is 6.54 Å². The van der Waals surface area contributed by atoms with Gasteiger partial charge < -0.3 is 10.1 Å². The molecule has 3 rings (SSSR count). The molecular weight excluding hydrogens is 262 g/mol. The fraction of sp³-hybridized carbons (Fsp3) is 0.562. The van der Waals surface area contributed by atoms with Gasteiger partial charge in [0.15, 0.2) is 0 Å². The lowest BCUT2D eigenvalue weighted by molar-refractivity contribution is 0.0533. The number of hydrogen-bond donors (Lipinski definition) is 1. The third kappa shape index (κ3) is 3.10. The Hall–Kier alpha value is -1.43. The van der Waals surface area contributed by atoms with Crippen molar-refractivity contribution in [2.75, 3.05) is 32.7 Å². The number of rotatable bonds is 4. The van der Waals surface area contributed by atoms with Gasteiger partial charge in [0.2, 0.25) is 0 Å². The van der Waals surface area contributed by atoms with Crippen LogP contribution in [0, 0.1) is 0 Å². The zero-order valence-electron chi connectivity index (χ0n) is 13.0. The van der Waals surface area contributed by atoms with E-state index in [0.29, 0.717) is 6.54 Å². The maximum atomic E-state index is 5.87. The van der Waals surface area contributed by atoms with Gasteiger partial charge in [-0.3, -0.25) is 9.80 Å². The van der Waals surface area contributed by atoms with Gasteiger partial charge in [0.05, 0.1) is 5.69 Å². The minimum Gasteiger partial charge on any atom is -0.329 e. The van der Waals surface area contributed by atoms with Crippen LogP contribution >= 0.6 is 0 Å². The van der Waals surface area contributed by atoms with E-state index in [-0.39, 0.29) is 5.54 Å². The van der Waals surface area contributed by atoms with Crippen molar-refractivity contribution in [3.63, 3.8) is 0 Å². The maximum Gasteiger partial charge on any atom is 0.137 e. The van der Waals surface area contributed by atoms with Crippen LogP contribution in [0.5, 0.6) is 0 Å². The normalized spacial score (nSPS) is 18.4. The van der Waals surface area contributed by atoms with E-state index >= 15 is 0 Å². The Morgan fingerprint density at radius 1 is 1.19 bits per heavy atom. The van der Waals surface area contributed by atoms with Crippen LogP contribution in [0.2, 0.25) is 0 Å². The number of imidazole rings is 1. The summed E-state index contributed by atoms with van der Waals surface area (Å²) in [7, 11) is 0. The molecule has 0 saturated carbocycles. The summed E-state index contributed by atoms with van der Waals surface area (Å²) < 4.78 is 2.09. The van der Waals surface area contributed by atoms with Crippen molar-refractivity contribution in [2.45, 2.75) is 25.9 Å². The minimum absolute atomic E-state index is 0.106. The molecule has 5 heteroatoms. The lowest BCUT2D eigenvalue weighted by atomic mass is 10.0. The summed E-state index contributed by atoms with van der Waals surface area (Å²) in [6.07, 6.45) is 4.18. The van der Waals surface area contributed by atoms with E-state index in [1.54, 1.807) is 0 Å². The Bertz CT molecular complexity index is 562. The summed E-state index contributed by atoms with van der Waals surface area (Å²) >= 11 is 0. The van der Waals surface area contributed by atoms with Crippen molar-refractivity contribution in [2.24, 2.45) is 5.73 Å². The van der Waals surface area contributed by atoms with Gasteiger partial charge >= 0.3 is 0 Å². The molecule has 0 aliphatic carbocycles. The monoisotopic (exact) mass is 287 g/mol. The molecule has 1 aliphatic heterocycles. The SMILES string of the molecule is CC(C)(CN)N1CCN(Cc2cn3ccccc3n2)CC1. The van der Waals surface area contributed by atoms with Gasteiger partial charge in [-0.05, 0) is 26.0 Å². The highest BCUT2D eigenvalue weighted by Gasteiger charge is 2.28. The molecule has 114 valence electrons. The van der Waals surface area contributed by atoms with Crippen LogP contribution in [0.15, 0.2) is 30.6 Å². The van der Waals surface area contributed by atoms with Crippen LogP contribution in [0.25, 0.3) is 5.65 Å². The van der Waals surface area contributed by atoms with Crippen LogP contribution in [0.4, 0.5) is 0 Å². The summed E-state index contributed by atoms with van der Waals surface area (Å²) in [5, 5.41) is 0. The Balaban J connectivity index is 1.60. The highest BCUT2D eigenvalue weighted by atomic mass is 15.3. The van der Waals surface area contributed by atoms with E-state index in [0.717, 1.165) is 44.1 Å². The molecule has 1 aliphatic rings. The standard InChI is InChI=1S/C16H25N5/c1-16(2,13-17)21-9-7-19(8-10-21)11-14-12-20-6-4-3-5-15(20)18-14/h3-6,12H,7-11,13,17H2,1-2H3. The molecule has 1 saturated heterocycles. The van der Waals surface area contributed by atoms with Gasteiger partial charge in [0.25, 0.3) is 0 Å². The van der Waals surface area contributed by atoms with Gasteiger partial charge in [-0.15, -0.1) is 0 Å². The fourth-order valence-electron chi connectivity index (χ4n) is 2.93. The second-order valence-electron chi connectivity index (χ2n) is 6.48. The van der Waals surface area contributed by atoms with Gasteiger partial charge in [0.1, 0.15) is 5.65 Å². The molecule has 0 aromatic carbocycles. The molecular formula is C16H25N5. The highest BCUT2D eigenvalue weighted by molar-refractivity contribution is 5.39. The third-order valence-electron chi connectivity index (χ3n) is 4.53. The molecule has 3 heterocycles. The molecule has 0 amide bonds. The predicted molar refractivity (Wildman–Crippen MR) is 85.2 cm³/mol. The van der Waals surface area contributed by atoms with E-state index in [9.17, 15) is 0 Å². The number of hydrogen-bond acceptors (Lipinski definition) is 4. The molecule has 0 radical (unpaired) electrons. The van der Waals surface area contributed by atoms with Crippen LogP contribution in [0.3, 0.4) is 0 Å². The first-order valence-electron chi connectivity index (χ1n) is 7.68. The van der Waals surface area contributed by atoms with Gasteiger partial charge in [-0.25, -0.2) is 4.98 Å². The first-order chi connectivity index (χ1) is 10.1. The largest absolute Gasteiger partial charge is 0.329 e. The van der Waals surface area contributed by atoms with Crippen molar-refractivity contribution in [3.05, 3.63) is 36.3 Å². The molecule has 21 heavy (non-hydrogen) atoms. The van der Waals surface area contributed by atoms with Gasteiger partial charge in [-0.2, -0.15) is 0 Å². The Kier molecular flexibility index (Phi) is 3.97. The van der Waals surface area contributed by atoms with E-state index in [1.165, 1.54) is 0 Å². The maximum absolute atomic E-state index is 5.87. The van der Waals surface area contributed by atoms with Crippen molar-refractivity contribution < 1.29 is 0 Å². The third-order valence-corrected chi connectivity index (χ3v) is 4.53. The first-order valence-corrected chi connectivity index (χ1v) is 7.68. The van der Waals surface area contributed by atoms with Crippen LogP contribution < -0.4 is 5.73 Å². The second-order valence-corrected chi connectivity index (χ2v) is 6.48. The summed E-state index contributed by atoms with van der Waals surface area (Å²) in [4.78, 5) is 9.65. The van der Waals surface area contributed by atoms with Crippen LogP contribution in [-0.4, -0.2) is 57.4 Å². The van der Waals surface area contributed by atoms with Gasteiger partial charge in [-0.1, -0.05) is 6.07 Å². The molecule has 2 aromatic heterocycles. The smallest absolute Gasteiger partial charge is 0.137 e. The average Bonchev–Trinajstić information content (AvgIpc) is 2.90. The average molecular weight is 287 g/mol. The molecule has 0 unspecified atom stereocenters. The first kappa shape index (κ1) is 14.5. The zero-order valence-corrected chi connectivity index (χ0v) is 13.0. The van der Waals surface area contributed by atoms with E-state index in [2.05, 4.69) is 39.2 Å². The fourth-order valence-corrected chi connectivity index (χ4v) is 2.93. The lowest BCUT2D eigenvalue weighted by Gasteiger charge is -2.43. The number of pyridine rings is 1. The summed E-state index contributed by atoms with van der Waals surface area (Å²) in [6.45, 7) is 10.4. The molecule has 2 aromatic rings. The Morgan fingerprint density at radius 2 is 1.95 bits per heavy atom. The van der Waals surface area contributed by atoms with E-state index < -0.39 is 0 Å². The molecule has 5 nitrogen and oxygen atoms in total. The number of fused-ring (bicyclic) bond motifs is 1. The summed E-state index contributed by atoms with van der Waals surface area (Å²) in [5.74, 6) is 0. The van der Waals surface area contributed by atoms with Crippen molar-refractivity contribution in [3.8, 4) is 0 Å². The Morgan fingerprint density at radius 3 is 2.62 bits per heavy atom. The Labute approximate surface area is 126 Å². The van der Waals surface area contributed by atoms with Gasteiger partial charge in [0, 0.05) is 57.2 Å². The topological polar surface area (TPSA) is 49.8 Å². The van der Waals surface area contributed by atoms with Crippen molar-refractivity contribution in [1.29, 1.82) is 0 Å².